The van der Waals surface area contributed by atoms with Gasteiger partial charge in [-0.15, -0.1) is 0 Å². The lowest BCUT2D eigenvalue weighted by Crippen LogP contribution is -2.51. The van der Waals surface area contributed by atoms with Crippen LogP contribution in [-0.4, -0.2) is 59.3 Å². The van der Waals surface area contributed by atoms with Crippen LogP contribution in [0.25, 0.3) is 22.2 Å². The van der Waals surface area contributed by atoms with Crippen LogP contribution in [0.2, 0.25) is 0 Å². The van der Waals surface area contributed by atoms with Gasteiger partial charge in [-0.05, 0) is 30.7 Å². The average molecular weight is 479 g/mol. The molecule has 1 N–H and O–H groups in total. The van der Waals surface area contributed by atoms with E-state index in [1.165, 1.54) is 0 Å². The second kappa shape index (κ2) is 10.7. The molecule has 1 fully saturated rings. The molecule has 0 saturated carbocycles. The molecule has 182 valence electrons. The number of benzene rings is 3. The summed E-state index contributed by atoms with van der Waals surface area (Å²) < 4.78 is 0. The quantitative estimate of drug-likeness (QED) is 0.449. The Balaban J connectivity index is 1.27. The van der Waals surface area contributed by atoms with Gasteiger partial charge in [-0.25, -0.2) is 4.98 Å². The van der Waals surface area contributed by atoms with Crippen molar-refractivity contribution in [1.82, 2.24) is 20.1 Å². The van der Waals surface area contributed by atoms with Crippen LogP contribution in [0, 0.1) is 6.92 Å². The van der Waals surface area contributed by atoms with Crippen molar-refractivity contribution >= 4 is 22.7 Å². The van der Waals surface area contributed by atoms with Crippen molar-refractivity contribution in [3.8, 4) is 11.3 Å². The molecule has 0 radical (unpaired) electrons. The van der Waals surface area contributed by atoms with Gasteiger partial charge in [0.2, 0.25) is 5.91 Å². The molecule has 2 heterocycles. The van der Waals surface area contributed by atoms with Crippen molar-refractivity contribution in [2.75, 3.05) is 32.7 Å². The summed E-state index contributed by atoms with van der Waals surface area (Å²) >= 11 is 0. The van der Waals surface area contributed by atoms with Crippen LogP contribution in [0.3, 0.4) is 0 Å². The van der Waals surface area contributed by atoms with Crippen molar-refractivity contribution in [3.63, 3.8) is 0 Å². The fourth-order valence-electron chi connectivity index (χ4n) is 4.61. The van der Waals surface area contributed by atoms with Crippen LogP contribution in [0.15, 0.2) is 84.9 Å². The van der Waals surface area contributed by atoms with Gasteiger partial charge in [-0.3, -0.25) is 14.5 Å². The van der Waals surface area contributed by atoms with E-state index < -0.39 is 0 Å². The Morgan fingerprint density at radius 3 is 2.28 bits per heavy atom. The SMILES string of the molecule is Cc1ccc2nc(-c3ccccc3)cc(C(=O)N3CCN(CC(=O)NCc4ccccc4)CC3)c2c1. The van der Waals surface area contributed by atoms with Crippen molar-refractivity contribution in [3.05, 3.63) is 102 Å². The maximum atomic E-state index is 13.7. The van der Waals surface area contributed by atoms with Crippen LogP contribution in [0.4, 0.5) is 0 Å². The Kier molecular flexibility index (Phi) is 7.05. The van der Waals surface area contributed by atoms with E-state index in [4.69, 9.17) is 4.98 Å². The fourth-order valence-corrected chi connectivity index (χ4v) is 4.61. The van der Waals surface area contributed by atoms with Gasteiger partial charge < -0.3 is 10.2 Å². The largest absolute Gasteiger partial charge is 0.351 e. The number of aryl methyl sites for hydroxylation is 1. The van der Waals surface area contributed by atoms with Crippen LogP contribution in [0.5, 0.6) is 0 Å². The lowest BCUT2D eigenvalue weighted by molar-refractivity contribution is -0.122. The summed E-state index contributed by atoms with van der Waals surface area (Å²) in [5, 5.41) is 3.86. The minimum absolute atomic E-state index is 0.00161. The number of rotatable bonds is 6. The monoisotopic (exact) mass is 478 g/mol. The Morgan fingerprint density at radius 1 is 0.861 bits per heavy atom. The van der Waals surface area contributed by atoms with E-state index in [9.17, 15) is 9.59 Å². The Bertz CT molecular complexity index is 1360. The Labute approximate surface area is 211 Å². The molecule has 1 aromatic heterocycles. The average Bonchev–Trinajstić information content (AvgIpc) is 2.92. The smallest absolute Gasteiger partial charge is 0.254 e. The number of carbonyl (C=O) groups is 2. The van der Waals surface area contributed by atoms with E-state index >= 15 is 0 Å². The topological polar surface area (TPSA) is 65.5 Å². The third kappa shape index (κ3) is 5.44. The first-order valence-electron chi connectivity index (χ1n) is 12.4. The van der Waals surface area contributed by atoms with Gasteiger partial charge in [-0.2, -0.15) is 0 Å². The van der Waals surface area contributed by atoms with Crippen LogP contribution < -0.4 is 5.32 Å². The lowest BCUT2D eigenvalue weighted by Gasteiger charge is -2.34. The van der Waals surface area contributed by atoms with Crippen molar-refractivity contribution in [2.45, 2.75) is 13.5 Å². The van der Waals surface area contributed by atoms with Crippen molar-refractivity contribution in [1.29, 1.82) is 0 Å². The highest BCUT2D eigenvalue weighted by atomic mass is 16.2. The molecular formula is C30H30N4O2. The van der Waals surface area contributed by atoms with Gasteiger partial charge in [0, 0.05) is 43.7 Å². The molecule has 5 rings (SSSR count). The summed E-state index contributed by atoms with van der Waals surface area (Å²) in [7, 11) is 0. The Morgan fingerprint density at radius 2 is 1.56 bits per heavy atom. The number of aromatic nitrogens is 1. The van der Waals surface area contributed by atoms with E-state index in [1.807, 2.05) is 96.8 Å². The van der Waals surface area contributed by atoms with Gasteiger partial charge in [0.05, 0.1) is 23.3 Å². The normalized spacial score (nSPS) is 14.1. The summed E-state index contributed by atoms with van der Waals surface area (Å²) in [6, 6.07) is 27.8. The van der Waals surface area contributed by atoms with Crippen LogP contribution >= 0.6 is 0 Å². The molecule has 4 aromatic rings. The number of piperazine rings is 1. The predicted molar refractivity (Wildman–Crippen MR) is 143 cm³/mol. The number of carbonyl (C=O) groups excluding carboxylic acids is 2. The van der Waals surface area contributed by atoms with E-state index in [1.54, 1.807) is 0 Å². The highest BCUT2D eigenvalue weighted by Gasteiger charge is 2.25. The summed E-state index contributed by atoms with van der Waals surface area (Å²) in [4.78, 5) is 35.0. The summed E-state index contributed by atoms with van der Waals surface area (Å²) in [6.45, 7) is 5.39. The summed E-state index contributed by atoms with van der Waals surface area (Å²) in [6.07, 6.45) is 0. The van der Waals surface area contributed by atoms with Gasteiger partial charge in [-0.1, -0.05) is 72.3 Å². The summed E-state index contributed by atoms with van der Waals surface area (Å²) in [5.74, 6) is 0.0140. The molecule has 0 atom stereocenters. The summed E-state index contributed by atoms with van der Waals surface area (Å²) in [5.41, 5.74) is 5.45. The van der Waals surface area contributed by atoms with Gasteiger partial charge in [0.25, 0.3) is 5.91 Å². The lowest BCUT2D eigenvalue weighted by atomic mass is 10.0. The number of hydrogen-bond donors (Lipinski definition) is 1. The molecule has 0 aliphatic carbocycles. The zero-order chi connectivity index (χ0) is 24.9. The second-order valence-corrected chi connectivity index (χ2v) is 9.27. The molecule has 0 bridgehead atoms. The molecule has 2 amide bonds. The first-order chi connectivity index (χ1) is 17.6. The standard InChI is InChI=1S/C30H30N4O2/c1-22-12-13-27-25(18-22)26(19-28(32-27)24-10-6-3-7-11-24)30(36)34-16-14-33(15-17-34)21-29(35)31-20-23-8-4-2-5-9-23/h2-13,18-19H,14-17,20-21H2,1H3,(H,31,35). The number of nitrogens with zero attached hydrogens (tertiary/aromatic N) is 3. The number of nitrogens with one attached hydrogen (secondary N) is 1. The van der Waals surface area contributed by atoms with E-state index in [0.717, 1.165) is 33.3 Å². The molecule has 1 aliphatic heterocycles. The molecule has 1 saturated heterocycles. The van der Waals surface area contributed by atoms with Crippen molar-refractivity contribution in [2.24, 2.45) is 0 Å². The number of pyridine rings is 1. The maximum absolute atomic E-state index is 13.7. The second-order valence-electron chi connectivity index (χ2n) is 9.27. The molecular weight excluding hydrogens is 448 g/mol. The first kappa shape index (κ1) is 23.7. The highest BCUT2D eigenvalue weighted by molar-refractivity contribution is 6.07. The van der Waals surface area contributed by atoms with E-state index in [-0.39, 0.29) is 11.8 Å². The van der Waals surface area contributed by atoms with E-state index in [0.29, 0.717) is 44.8 Å². The minimum Gasteiger partial charge on any atom is -0.351 e. The molecule has 1 aliphatic rings. The maximum Gasteiger partial charge on any atom is 0.254 e. The zero-order valence-corrected chi connectivity index (χ0v) is 20.5. The third-order valence-corrected chi connectivity index (χ3v) is 6.62. The third-order valence-electron chi connectivity index (χ3n) is 6.62. The van der Waals surface area contributed by atoms with Crippen molar-refractivity contribution < 1.29 is 9.59 Å². The van der Waals surface area contributed by atoms with Gasteiger partial charge >= 0.3 is 0 Å². The molecule has 0 spiro atoms. The van der Waals surface area contributed by atoms with Gasteiger partial charge in [0.1, 0.15) is 0 Å². The number of hydrogen-bond acceptors (Lipinski definition) is 4. The first-order valence-corrected chi connectivity index (χ1v) is 12.4. The van der Waals surface area contributed by atoms with E-state index in [2.05, 4.69) is 10.2 Å². The highest BCUT2D eigenvalue weighted by Crippen LogP contribution is 2.27. The van der Waals surface area contributed by atoms with Crippen LogP contribution in [0.1, 0.15) is 21.5 Å². The Hall–Kier alpha value is -4.03. The number of amides is 2. The minimum atomic E-state index is 0.00161. The molecule has 0 unspecified atom stereocenters. The predicted octanol–water partition coefficient (Wildman–Crippen LogP) is 4.28. The molecule has 36 heavy (non-hydrogen) atoms. The fraction of sp³-hybridized carbons (Fsp3) is 0.233. The molecule has 6 heteroatoms. The molecule has 6 nitrogen and oxygen atoms in total. The zero-order valence-electron chi connectivity index (χ0n) is 20.5. The van der Waals surface area contributed by atoms with Gasteiger partial charge in [0.15, 0.2) is 0 Å². The van der Waals surface area contributed by atoms with Crippen LogP contribution in [-0.2, 0) is 11.3 Å². The molecule has 3 aromatic carbocycles. The number of fused-ring (bicyclic) bond motifs is 1.